The first-order valence-electron chi connectivity index (χ1n) is 16.0. The number of sulfonamides is 1. The van der Waals surface area contributed by atoms with Crippen LogP contribution in [0.15, 0.2) is 108 Å². The Labute approximate surface area is 286 Å². The van der Waals surface area contributed by atoms with E-state index in [-0.39, 0.29) is 35.5 Å². The van der Waals surface area contributed by atoms with Gasteiger partial charge in [0, 0.05) is 24.0 Å². The molecule has 5 rings (SSSR count). The van der Waals surface area contributed by atoms with Gasteiger partial charge in [-0.3, -0.25) is 13.9 Å². The minimum absolute atomic E-state index is 0.00176. The fraction of sp³-hybridized carbons (Fsp3) is 0.297. The molecule has 48 heavy (non-hydrogen) atoms. The van der Waals surface area contributed by atoms with Crippen LogP contribution in [0.3, 0.4) is 0 Å². The molecule has 252 valence electrons. The van der Waals surface area contributed by atoms with Crippen molar-refractivity contribution >= 4 is 39.1 Å². The van der Waals surface area contributed by atoms with E-state index in [1.807, 2.05) is 37.3 Å². The summed E-state index contributed by atoms with van der Waals surface area (Å²) in [4.78, 5) is 30.0. The molecule has 1 aliphatic rings. The molecule has 0 bridgehead atoms. The molecule has 0 saturated heterocycles. The van der Waals surface area contributed by atoms with Crippen molar-refractivity contribution in [1.82, 2.24) is 10.2 Å². The summed E-state index contributed by atoms with van der Waals surface area (Å²) in [6.07, 6.45) is 3.94. The number of ether oxygens (including phenoxy) is 1. The average Bonchev–Trinajstić information content (AvgIpc) is 3.59. The van der Waals surface area contributed by atoms with Gasteiger partial charge in [0.05, 0.1) is 17.2 Å². The topological polar surface area (TPSA) is 96.0 Å². The first-order chi connectivity index (χ1) is 23.1. The zero-order valence-corrected chi connectivity index (χ0v) is 28.3. The van der Waals surface area contributed by atoms with Gasteiger partial charge in [-0.25, -0.2) is 12.8 Å². The zero-order valence-electron chi connectivity index (χ0n) is 26.7. The van der Waals surface area contributed by atoms with Crippen LogP contribution in [0.2, 0.25) is 5.02 Å². The molecule has 1 saturated carbocycles. The molecule has 0 unspecified atom stereocenters. The molecular weight excluding hydrogens is 653 g/mol. The maximum Gasteiger partial charge on any atom is 0.264 e. The number of anilines is 1. The Hall–Kier alpha value is -4.41. The Kier molecular flexibility index (Phi) is 11.7. The lowest BCUT2D eigenvalue weighted by molar-refractivity contribution is -0.140. The van der Waals surface area contributed by atoms with E-state index < -0.39 is 34.3 Å². The standard InChI is InChI=1S/C37H39ClFN3O5S/c1-2-47-33-19-17-32(18-20-33)42(48(45,46)34-21-15-30(39)16-22-34)26-36(43)41(25-28-11-8-12-29(38)23-28)35(24-27-9-4-3-5-10-27)37(44)40-31-13-6-7-14-31/h3-5,8-12,15-23,31,35H,2,6-7,13-14,24-26H2,1H3,(H,40,44)/t35-/m0/s1. The van der Waals surface area contributed by atoms with Crippen molar-refractivity contribution in [3.63, 3.8) is 0 Å². The monoisotopic (exact) mass is 691 g/mol. The SMILES string of the molecule is CCOc1ccc(N(CC(=O)N(Cc2cccc(Cl)c2)[C@@H](Cc2ccccc2)C(=O)NC2CCCC2)S(=O)(=O)c2ccc(F)cc2)cc1. The molecule has 1 N–H and O–H groups in total. The van der Waals surface area contributed by atoms with Crippen LogP contribution in [0, 0.1) is 5.82 Å². The first kappa shape index (κ1) is 34.9. The van der Waals surface area contributed by atoms with Crippen LogP contribution in [0.1, 0.15) is 43.7 Å². The highest BCUT2D eigenvalue weighted by molar-refractivity contribution is 7.92. The number of nitrogens with one attached hydrogen (secondary N) is 1. The number of carbonyl (C=O) groups is 2. The fourth-order valence-corrected chi connectivity index (χ4v) is 7.52. The van der Waals surface area contributed by atoms with E-state index in [1.54, 1.807) is 48.5 Å². The van der Waals surface area contributed by atoms with Gasteiger partial charge in [0.1, 0.15) is 24.2 Å². The Bertz CT molecular complexity index is 1780. The molecule has 0 radical (unpaired) electrons. The summed E-state index contributed by atoms with van der Waals surface area (Å²) in [5, 5.41) is 3.62. The number of carbonyl (C=O) groups excluding carboxylic acids is 2. The van der Waals surface area contributed by atoms with Crippen molar-refractivity contribution in [2.75, 3.05) is 17.5 Å². The van der Waals surface area contributed by atoms with Gasteiger partial charge in [0.15, 0.2) is 0 Å². The second-order valence-electron chi connectivity index (χ2n) is 11.7. The van der Waals surface area contributed by atoms with Crippen molar-refractivity contribution in [2.45, 2.75) is 62.6 Å². The van der Waals surface area contributed by atoms with Crippen molar-refractivity contribution in [1.29, 1.82) is 0 Å². The minimum Gasteiger partial charge on any atom is -0.494 e. The molecule has 2 amide bonds. The van der Waals surface area contributed by atoms with Crippen LogP contribution in [-0.4, -0.2) is 50.4 Å². The molecule has 0 aliphatic heterocycles. The van der Waals surface area contributed by atoms with Crippen molar-refractivity contribution < 1.29 is 27.1 Å². The Morgan fingerprint density at radius 2 is 1.58 bits per heavy atom. The fourth-order valence-electron chi connectivity index (χ4n) is 5.89. The van der Waals surface area contributed by atoms with Crippen LogP contribution in [0.25, 0.3) is 0 Å². The molecule has 0 heterocycles. The van der Waals surface area contributed by atoms with E-state index in [0.717, 1.165) is 59.8 Å². The summed E-state index contributed by atoms with van der Waals surface area (Å²) < 4.78 is 48.6. The average molecular weight is 692 g/mol. The van der Waals surface area contributed by atoms with Crippen LogP contribution in [0.5, 0.6) is 5.75 Å². The van der Waals surface area contributed by atoms with E-state index >= 15 is 0 Å². The third-order valence-electron chi connectivity index (χ3n) is 8.33. The van der Waals surface area contributed by atoms with Crippen LogP contribution < -0.4 is 14.4 Å². The lowest BCUT2D eigenvalue weighted by Crippen LogP contribution is -2.54. The summed E-state index contributed by atoms with van der Waals surface area (Å²) in [6.45, 7) is 1.62. The quantitative estimate of drug-likeness (QED) is 0.158. The maximum absolute atomic E-state index is 14.6. The summed E-state index contributed by atoms with van der Waals surface area (Å²) in [5.74, 6) is -0.977. The van der Waals surface area contributed by atoms with Gasteiger partial charge in [-0.15, -0.1) is 0 Å². The van der Waals surface area contributed by atoms with Gasteiger partial charge in [-0.05, 0) is 91.6 Å². The number of benzene rings is 4. The highest BCUT2D eigenvalue weighted by Crippen LogP contribution is 2.28. The molecule has 1 atom stereocenters. The molecule has 0 spiro atoms. The largest absolute Gasteiger partial charge is 0.494 e. The van der Waals surface area contributed by atoms with Crippen molar-refractivity contribution in [2.24, 2.45) is 0 Å². The molecule has 8 nitrogen and oxygen atoms in total. The molecular formula is C37H39ClFN3O5S. The lowest BCUT2D eigenvalue weighted by Gasteiger charge is -2.34. The van der Waals surface area contributed by atoms with Crippen molar-refractivity contribution in [3.8, 4) is 5.75 Å². The molecule has 4 aromatic rings. The summed E-state index contributed by atoms with van der Waals surface area (Å²) in [6, 6.07) is 26.2. The highest BCUT2D eigenvalue weighted by atomic mass is 35.5. The predicted octanol–water partition coefficient (Wildman–Crippen LogP) is 6.77. The lowest BCUT2D eigenvalue weighted by atomic mass is 10.0. The number of hydrogen-bond donors (Lipinski definition) is 1. The van der Waals surface area contributed by atoms with Gasteiger partial charge >= 0.3 is 0 Å². The normalized spacial score (nSPS) is 13.9. The van der Waals surface area contributed by atoms with Gasteiger partial charge < -0.3 is 15.0 Å². The van der Waals surface area contributed by atoms with Gasteiger partial charge in [-0.1, -0.05) is 66.9 Å². The van der Waals surface area contributed by atoms with Crippen LogP contribution >= 0.6 is 11.6 Å². The van der Waals surface area contributed by atoms with E-state index in [0.29, 0.717) is 22.9 Å². The Balaban J connectivity index is 1.56. The van der Waals surface area contributed by atoms with Crippen molar-refractivity contribution in [3.05, 3.63) is 125 Å². The predicted molar refractivity (Wildman–Crippen MR) is 185 cm³/mol. The second kappa shape index (κ2) is 16.1. The summed E-state index contributed by atoms with van der Waals surface area (Å²) in [5.41, 5.74) is 1.72. The van der Waals surface area contributed by atoms with Gasteiger partial charge in [0.2, 0.25) is 11.8 Å². The van der Waals surface area contributed by atoms with Crippen LogP contribution in [0.4, 0.5) is 10.1 Å². The molecule has 1 fully saturated rings. The van der Waals surface area contributed by atoms with E-state index in [4.69, 9.17) is 16.3 Å². The number of nitrogens with zero attached hydrogens (tertiary/aromatic N) is 2. The molecule has 4 aromatic carbocycles. The second-order valence-corrected chi connectivity index (χ2v) is 14.0. The third kappa shape index (κ3) is 8.93. The smallest absolute Gasteiger partial charge is 0.264 e. The molecule has 11 heteroatoms. The van der Waals surface area contributed by atoms with E-state index in [2.05, 4.69) is 5.32 Å². The number of rotatable bonds is 14. The number of halogens is 2. The third-order valence-corrected chi connectivity index (χ3v) is 10.4. The first-order valence-corrected chi connectivity index (χ1v) is 17.8. The van der Waals surface area contributed by atoms with Gasteiger partial charge in [-0.2, -0.15) is 0 Å². The van der Waals surface area contributed by atoms with Crippen LogP contribution in [-0.2, 0) is 32.6 Å². The number of amides is 2. The molecule has 0 aromatic heterocycles. The zero-order chi connectivity index (χ0) is 34.1. The summed E-state index contributed by atoms with van der Waals surface area (Å²) >= 11 is 6.32. The Morgan fingerprint density at radius 1 is 0.917 bits per heavy atom. The Morgan fingerprint density at radius 3 is 2.23 bits per heavy atom. The number of hydrogen-bond acceptors (Lipinski definition) is 5. The van der Waals surface area contributed by atoms with E-state index in [9.17, 15) is 22.4 Å². The van der Waals surface area contributed by atoms with Gasteiger partial charge in [0.25, 0.3) is 10.0 Å². The summed E-state index contributed by atoms with van der Waals surface area (Å²) in [7, 11) is -4.37. The highest BCUT2D eigenvalue weighted by Gasteiger charge is 2.35. The van der Waals surface area contributed by atoms with E-state index in [1.165, 1.54) is 4.90 Å². The molecule has 1 aliphatic carbocycles. The maximum atomic E-state index is 14.6. The minimum atomic E-state index is -4.37.